The van der Waals surface area contributed by atoms with Crippen LogP contribution < -0.4 is 4.90 Å². The first-order valence-electron chi connectivity index (χ1n) is 4.51. The van der Waals surface area contributed by atoms with E-state index < -0.39 is 0 Å². The molecule has 2 rings (SSSR count). The molecule has 2 aliphatic carbocycles. The fourth-order valence-electron chi connectivity index (χ4n) is 1.54. The van der Waals surface area contributed by atoms with Gasteiger partial charge in [-0.15, -0.1) is 0 Å². The molecule has 2 fully saturated rings. The number of hydrogen-bond donors (Lipinski definition) is 1. The number of hydrogen-bond acceptors (Lipinski definition) is 0. The second-order valence-corrected chi connectivity index (χ2v) is 4.04. The Bertz CT molecular complexity index is 99.9. The van der Waals surface area contributed by atoms with Crippen molar-refractivity contribution in [1.82, 2.24) is 0 Å². The zero-order valence-electron chi connectivity index (χ0n) is 6.60. The third-order valence-electron chi connectivity index (χ3n) is 2.55. The fraction of sp³-hybridized carbons (Fsp3) is 0.889. The lowest BCUT2D eigenvalue weighted by molar-refractivity contribution is -0.857. The third-order valence-corrected chi connectivity index (χ3v) is 2.55. The summed E-state index contributed by atoms with van der Waals surface area (Å²) in [5, 5.41) is 0. The molecule has 0 atom stereocenters. The topological polar surface area (TPSA) is 4.44 Å². The highest BCUT2D eigenvalue weighted by atomic mass is 15.1. The van der Waals surface area contributed by atoms with Gasteiger partial charge in [-0.2, -0.15) is 7.05 Å². The molecule has 0 spiro atoms. The average Bonchev–Trinajstić information content (AvgIpc) is 2.59. The molecule has 0 saturated heterocycles. The molecule has 0 bridgehead atoms. The molecule has 2 saturated carbocycles. The molecule has 0 aliphatic heterocycles. The highest BCUT2D eigenvalue weighted by Gasteiger charge is 2.27. The molecular weight excluding hydrogens is 122 g/mol. The van der Waals surface area contributed by atoms with Gasteiger partial charge in [0.2, 0.25) is 0 Å². The van der Waals surface area contributed by atoms with Gasteiger partial charge >= 0.3 is 0 Å². The zero-order valence-corrected chi connectivity index (χ0v) is 6.60. The molecule has 0 aromatic carbocycles. The molecule has 0 unspecified atom stereocenters. The van der Waals surface area contributed by atoms with Gasteiger partial charge in [0.25, 0.3) is 0 Å². The molecule has 0 heterocycles. The minimum absolute atomic E-state index is 1.05. The van der Waals surface area contributed by atoms with Gasteiger partial charge in [-0.1, -0.05) is 0 Å². The van der Waals surface area contributed by atoms with Crippen molar-refractivity contribution in [2.75, 3.05) is 13.1 Å². The molecule has 1 N–H and O–H groups in total. The van der Waals surface area contributed by atoms with Crippen LogP contribution in [0.5, 0.6) is 0 Å². The molecule has 58 valence electrons. The monoisotopic (exact) mass is 139 g/mol. The van der Waals surface area contributed by atoms with Gasteiger partial charge in [-0.3, -0.25) is 0 Å². The van der Waals surface area contributed by atoms with Gasteiger partial charge in [0, 0.05) is 11.8 Å². The van der Waals surface area contributed by atoms with Gasteiger partial charge in [0.15, 0.2) is 0 Å². The van der Waals surface area contributed by atoms with Gasteiger partial charge in [-0.05, 0) is 25.7 Å². The van der Waals surface area contributed by atoms with Crippen LogP contribution in [0.25, 0.3) is 0 Å². The van der Waals surface area contributed by atoms with Crippen molar-refractivity contribution in [3.8, 4) is 0 Å². The summed E-state index contributed by atoms with van der Waals surface area (Å²) in [6, 6.07) is 0. The van der Waals surface area contributed by atoms with E-state index in [9.17, 15) is 0 Å². The van der Waals surface area contributed by atoms with Crippen molar-refractivity contribution < 1.29 is 4.90 Å². The maximum atomic E-state index is 4.12. The summed E-state index contributed by atoms with van der Waals surface area (Å²) in [6.07, 6.45) is 5.90. The lowest BCUT2D eigenvalue weighted by Crippen LogP contribution is -3.07. The summed E-state index contributed by atoms with van der Waals surface area (Å²) < 4.78 is 0. The van der Waals surface area contributed by atoms with Crippen LogP contribution in [0, 0.1) is 18.9 Å². The van der Waals surface area contributed by atoms with Crippen molar-refractivity contribution in [2.45, 2.75) is 25.7 Å². The number of nitrogens with one attached hydrogen (secondary N) is 1. The van der Waals surface area contributed by atoms with Gasteiger partial charge in [0.1, 0.15) is 0 Å². The maximum absolute atomic E-state index is 4.12. The average molecular weight is 139 g/mol. The maximum Gasteiger partial charge on any atom is 0.0559 e. The SMILES string of the molecule is [CH2-][NH+](CC1CC1)CC1CC1. The Labute approximate surface area is 63.4 Å². The molecule has 0 aromatic rings. The highest BCUT2D eigenvalue weighted by Crippen LogP contribution is 2.28. The first-order valence-corrected chi connectivity index (χ1v) is 4.51. The van der Waals surface area contributed by atoms with Gasteiger partial charge < -0.3 is 4.90 Å². The minimum Gasteiger partial charge on any atom is -0.467 e. The number of quaternary nitrogens is 1. The third kappa shape index (κ3) is 1.98. The van der Waals surface area contributed by atoms with Gasteiger partial charge in [0.05, 0.1) is 13.1 Å². The normalized spacial score (nSPS) is 25.8. The van der Waals surface area contributed by atoms with Crippen molar-refractivity contribution in [3.63, 3.8) is 0 Å². The van der Waals surface area contributed by atoms with E-state index in [4.69, 9.17) is 0 Å². The Morgan fingerprint density at radius 3 is 1.70 bits per heavy atom. The van der Waals surface area contributed by atoms with Crippen LogP contribution in [0.15, 0.2) is 0 Å². The summed E-state index contributed by atoms with van der Waals surface area (Å²) >= 11 is 0. The molecular formula is C9H17N. The minimum atomic E-state index is 1.05. The van der Waals surface area contributed by atoms with E-state index in [0.717, 1.165) is 11.8 Å². The first-order chi connectivity index (χ1) is 4.84. The van der Waals surface area contributed by atoms with Crippen LogP contribution in [0.3, 0.4) is 0 Å². The summed E-state index contributed by atoms with van der Waals surface area (Å²) in [6.45, 7) is 2.69. The van der Waals surface area contributed by atoms with E-state index >= 15 is 0 Å². The Hall–Kier alpha value is -0.0400. The summed E-state index contributed by atoms with van der Waals surface area (Å²) in [7, 11) is 4.12. The molecule has 0 radical (unpaired) electrons. The van der Waals surface area contributed by atoms with E-state index in [1.54, 1.807) is 0 Å². The van der Waals surface area contributed by atoms with Crippen LogP contribution in [0.2, 0.25) is 0 Å². The Balaban J connectivity index is 1.60. The second-order valence-electron chi connectivity index (χ2n) is 4.04. The first kappa shape index (κ1) is 6.66. The lowest BCUT2D eigenvalue weighted by atomic mass is 10.3. The molecule has 10 heavy (non-hydrogen) atoms. The quantitative estimate of drug-likeness (QED) is 0.540. The van der Waals surface area contributed by atoms with Crippen molar-refractivity contribution in [2.24, 2.45) is 11.8 Å². The number of rotatable bonds is 4. The van der Waals surface area contributed by atoms with E-state index in [1.807, 2.05) is 0 Å². The van der Waals surface area contributed by atoms with Crippen molar-refractivity contribution >= 4 is 0 Å². The van der Waals surface area contributed by atoms with E-state index in [2.05, 4.69) is 7.05 Å². The predicted octanol–water partition coefficient (Wildman–Crippen LogP) is 0.483. The summed E-state index contributed by atoms with van der Waals surface area (Å²) in [5.74, 6) is 2.09. The van der Waals surface area contributed by atoms with Crippen LogP contribution in [0.1, 0.15) is 25.7 Å². The van der Waals surface area contributed by atoms with Crippen LogP contribution in [-0.4, -0.2) is 13.1 Å². The second kappa shape index (κ2) is 2.54. The Morgan fingerprint density at radius 2 is 1.40 bits per heavy atom. The Kier molecular flexibility index (Phi) is 1.69. The Morgan fingerprint density at radius 1 is 1.00 bits per heavy atom. The van der Waals surface area contributed by atoms with E-state index in [1.165, 1.54) is 43.7 Å². The highest BCUT2D eigenvalue weighted by molar-refractivity contribution is 4.74. The van der Waals surface area contributed by atoms with Crippen LogP contribution in [0.4, 0.5) is 0 Å². The van der Waals surface area contributed by atoms with Crippen LogP contribution in [-0.2, 0) is 0 Å². The van der Waals surface area contributed by atoms with Crippen LogP contribution >= 0.6 is 0 Å². The largest absolute Gasteiger partial charge is 0.467 e. The van der Waals surface area contributed by atoms with E-state index in [-0.39, 0.29) is 0 Å². The molecule has 2 aliphatic rings. The zero-order chi connectivity index (χ0) is 6.97. The fourth-order valence-corrected chi connectivity index (χ4v) is 1.54. The lowest BCUT2D eigenvalue weighted by Gasteiger charge is -2.19. The standard InChI is InChI=1S/C9H17N/c1-10(6-8-2-3-8)7-9-4-5-9/h8-10H,1-7H2. The summed E-state index contributed by atoms with van der Waals surface area (Å²) in [5.41, 5.74) is 0. The van der Waals surface area contributed by atoms with Crippen molar-refractivity contribution in [1.29, 1.82) is 0 Å². The van der Waals surface area contributed by atoms with E-state index in [0.29, 0.717) is 0 Å². The van der Waals surface area contributed by atoms with Gasteiger partial charge in [-0.25, -0.2) is 0 Å². The molecule has 1 nitrogen and oxygen atoms in total. The molecule has 0 aromatic heterocycles. The molecule has 1 heteroatoms. The predicted molar refractivity (Wildman–Crippen MR) is 41.5 cm³/mol. The molecule has 0 amide bonds. The van der Waals surface area contributed by atoms with Crippen molar-refractivity contribution in [3.05, 3.63) is 7.05 Å². The smallest absolute Gasteiger partial charge is 0.0559 e. The summed E-state index contributed by atoms with van der Waals surface area (Å²) in [4.78, 5) is 1.53.